The minimum Gasteiger partial charge on any atom is -0.486 e. The maximum atomic E-state index is 12.7. The maximum Gasteiger partial charge on any atom is 0.253 e. The summed E-state index contributed by atoms with van der Waals surface area (Å²) in [6.07, 6.45) is 5.55. The first-order valence-corrected chi connectivity index (χ1v) is 10.9. The van der Waals surface area contributed by atoms with E-state index in [1.54, 1.807) is 11.0 Å². The monoisotopic (exact) mass is 409 g/mol. The van der Waals surface area contributed by atoms with E-state index < -0.39 is 0 Å². The van der Waals surface area contributed by atoms with E-state index in [9.17, 15) is 4.79 Å². The van der Waals surface area contributed by atoms with Gasteiger partial charge in [-0.05, 0) is 43.0 Å². The van der Waals surface area contributed by atoms with Crippen molar-refractivity contribution in [1.82, 2.24) is 15.8 Å². The minimum atomic E-state index is 0.0272. The Morgan fingerprint density at radius 2 is 1.80 bits per heavy atom. The van der Waals surface area contributed by atoms with Gasteiger partial charge in [0.2, 0.25) is 0 Å². The zero-order valence-corrected chi connectivity index (χ0v) is 17.6. The molecule has 30 heavy (non-hydrogen) atoms. The Labute approximate surface area is 178 Å². The summed E-state index contributed by atoms with van der Waals surface area (Å²) in [4.78, 5) is 14.5. The van der Waals surface area contributed by atoms with Gasteiger partial charge in [0, 0.05) is 31.2 Å². The Morgan fingerprint density at radius 1 is 1.00 bits per heavy atom. The third-order valence-electron chi connectivity index (χ3n) is 5.87. The molecule has 2 aromatic rings. The summed E-state index contributed by atoms with van der Waals surface area (Å²) >= 11 is 0. The molecule has 1 amide bonds. The fraction of sp³-hybridized carbons (Fsp3) is 0.458. The molecule has 2 aliphatic heterocycles. The third-order valence-corrected chi connectivity index (χ3v) is 5.87. The molecule has 6 nitrogen and oxygen atoms in total. The van der Waals surface area contributed by atoms with Crippen LogP contribution in [0.25, 0.3) is 0 Å². The Kier molecular flexibility index (Phi) is 6.87. The number of nitrogens with one attached hydrogen (secondary N) is 2. The zero-order valence-electron chi connectivity index (χ0n) is 17.6. The van der Waals surface area contributed by atoms with E-state index in [4.69, 9.17) is 9.47 Å². The van der Waals surface area contributed by atoms with Crippen molar-refractivity contribution < 1.29 is 14.3 Å². The Bertz CT molecular complexity index is 843. The van der Waals surface area contributed by atoms with Gasteiger partial charge in [-0.25, -0.2) is 0 Å². The smallest absolute Gasteiger partial charge is 0.253 e. The first kappa shape index (κ1) is 20.7. The molecular formula is C24H31N3O3. The molecule has 0 aliphatic carbocycles. The average Bonchev–Trinajstić information content (AvgIpc) is 3.27. The SMILES string of the molecule is CN(CCCCCC1CC(c2ccccc2)NN1)C(=O)c1ccc2c(c1)OCCO2. The van der Waals surface area contributed by atoms with E-state index in [0.29, 0.717) is 42.4 Å². The number of ether oxygens (including phenoxy) is 2. The van der Waals surface area contributed by atoms with E-state index in [1.165, 1.54) is 5.56 Å². The van der Waals surface area contributed by atoms with Crippen LogP contribution in [0.3, 0.4) is 0 Å². The van der Waals surface area contributed by atoms with Crippen molar-refractivity contribution in [2.45, 2.75) is 44.2 Å². The van der Waals surface area contributed by atoms with Crippen molar-refractivity contribution in [2.75, 3.05) is 26.8 Å². The van der Waals surface area contributed by atoms with Crippen molar-refractivity contribution in [3.63, 3.8) is 0 Å². The number of hydrogen-bond acceptors (Lipinski definition) is 5. The lowest BCUT2D eigenvalue weighted by molar-refractivity contribution is 0.0791. The maximum absolute atomic E-state index is 12.7. The van der Waals surface area contributed by atoms with Crippen LogP contribution in [0.5, 0.6) is 11.5 Å². The van der Waals surface area contributed by atoms with Gasteiger partial charge in [-0.2, -0.15) is 0 Å². The highest BCUT2D eigenvalue weighted by Crippen LogP contribution is 2.31. The van der Waals surface area contributed by atoms with Crippen molar-refractivity contribution >= 4 is 5.91 Å². The number of nitrogens with zero attached hydrogens (tertiary/aromatic N) is 1. The fourth-order valence-corrected chi connectivity index (χ4v) is 4.13. The van der Waals surface area contributed by atoms with Crippen LogP contribution in [0, 0.1) is 0 Å². The van der Waals surface area contributed by atoms with Crippen LogP contribution in [-0.2, 0) is 0 Å². The molecule has 4 rings (SSSR count). The van der Waals surface area contributed by atoms with E-state index in [1.807, 2.05) is 19.2 Å². The number of rotatable bonds is 8. The third kappa shape index (κ3) is 5.12. The number of amides is 1. The highest BCUT2D eigenvalue weighted by molar-refractivity contribution is 5.94. The Balaban J connectivity index is 1.15. The molecule has 0 bridgehead atoms. The summed E-state index contributed by atoms with van der Waals surface area (Å²) in [6.45, 7) is 1.84. The van der Waals surface area contributed by atoms with E-state index in [0.717, 1.165) is 38.6 Å². The predicted octanol–water partition coefficient (Wildman–Crippen LogP) is 3.70. The molecule has 2 N–H and O–H groups in total. The highest BCUT2D eigenvalue weighted by atomic mass is 16.6. The van der Waals surface area contributed by atoms with Crippen LogP contribution in [0.15, 0.2) is 48.5 Å². The fourth-order valence-electron chi connectivity index (χ4n) is 4.13. The molecule has 6 heteroatoms. The topological polar surface area (TPSA) is 62.8 Å². The van der Waals surface area contributed by atoms with Gasteiger partial charge in [0.15, 0.2) is 11.5 Å². The summed E-state index contributed by atoms with van der Waals surface area (Å²) in [5, 5.41) is 0. The molecule has 1 fully saturated rings. The summed E-state index contributed by atoms with van der Waals surface area (Å²) in [5.41, 5.74) is 8.84. The Hall–Kier alpha value is -2.57. The van der Waals surface area contributed by atoms with Crippen molar-refractivity contribution in [2.24, 2.45) is 0 Å². The summed E-state index contributed by atoms with van der Waals surface area (Å²) in [7, 11) is 1.87. The first-order chi connectivity index (χ1) is 14.7. The number of fused-ring (bicyclic) bond motifs is 1. The minimum absolute atomic E-state index is 0.0272. The van der Waals surface area contributed by atoms with Gasteiger partial charge in [-0.3, -0.25) is 15.6 Å². The highest BCUT2D eigenvalue weighted by Gasteiger charge is 2.24. The molecule has 0 radical (unpaired) electrons. The average molecular weight is 410 g/mol. The zero-order chi connectivity index (χ0) is 20.8. The number of hydrogen-bond donors (Lipinski definition) is 2. The molecule has 2 atom stereocenters. The van der Waals surface area contributed by atoms with Gasteiger partial charge in [0.25, 0.3) is 5.91 Å². The molecule has 2 aliphatic rings. The lowest BCUT2D eigenvalue weighted by Gasteiger charge is -2.21. The van der Waals surface area contributed by atoms with Crippen LogP contribution in [0.4, 0.5) is 0 Å². The molecule has 2 unspecified atom stereocenters. The normalized spacial score (nSPS) is 20.2. The van der Waals surface area contributed by atoms with Crippen molar-refractivity contribution in [3.05, 3.63) is 59.7 Å². The molecule has 0 saturated carbocycles. The summed E-state index contributed by atoms with van der Waals surface area (Å²) in [5.74, 6) is 1.40. The second-order valence-corrected chi connectivity index (χ2v) is 8.12. The number of carbonyl (C=O) groups is 1. The van der Waals surface area contributed by atoms with E-state index in [-0.39, 0.29) is 5.91 Å². The molecule has 2 aromatic carbocycles. The molecular weight excluding hydrogens is 378 g/mol. The van der Waals surface area contributed by atoms with Gasteiger partial charge in [-0.15, -0.1) is 0 Å². The molecule has 2 heterocycles. The van der Waals surface area contributed by atoms with Gasteiger partial charge < -0.3 is 14.4 Å². The van der Waals surface area contributed by atoms with Crippen LogP contribution in [-0.4, -0.2) is 43.7 Å². The summed E-state index contributed by atoms with van der Waals surface area (Å²) < 4.78 is 11.1. The largest absolute Gasteiger partial charge is 0.486 e. The van der Waals surface area contributed by atoms with Crippen LogP contribution in [0.1, 0.15) is 54.1 Å². The van der Waals surface area contributed by atoms with Gasteiger partial charge in [-0.1, -0.05) is 43.2 Å². The molecule has 0 aromatic heterocycles. The van der Waals surface area contributed by atoms with E-state index >= 15 is 0 Å². The van der Waals surface area contributed by atoms with Crippen LogP contribution >= 0.6 is 0 Å². The predicted molar refractivity (Wildman–Crippen MR) is 117 cm³/mol. The molecule has 160 valence electrons. The second-order valence-electron chi connectivity index (χ2n) is 8.12. The number of benzene rings is 2. The van der Waals surface area contributed by atoms with Gasteiger partial charge in [0.1, 0.15) is 13.2 Å². The lowest BCUT2D eigenvalue weighted by atomic mass is 9.99. The number of hydrazine groups is 1. The van der Waals surface area contributed by atoms with Crippen molar-refractivity contribution in [1.29, 1.82) is 0 Å². The quantitative estimate of drug-likeness (QED) is 0.651. The van der Waals surface area contributed by atoms with Gasteiger partial charge in [0.05, 0.1) is 0 Å². The standard InChI is InChI=1S/C24H31N3O3/c1-27(24(28)19-11-12-22-23(16-19)30-15-14-29-22)13-7-3-6-10-20-17-21(26-25-20)18-8-4-2-5-9-18/h2,4-5,8-9,11-12,16,20-21,25-26H,3,6-7,10,13-15,17H2,1H3. The van der Waals surface area contributed by atoms with E-state index in [2.05, 4.69) is 41.2 Å². The molecule has 0 spiro atoms. The van der Waals surface area contributed by atoms with Gasteiger partial charge >= 0.3 is 0 Å². The molecule has 1 saturated heterocycles. The number of unbranched alkanes of at least 4 members (excludes halogenated alkanes) is 2. The number of carbonyl (C=O) groups excluding carboxylic acids is 1. The second kappa shape index (κ2) is 9.96. The Morgan fingerprint density at radius 3 is 2.63 bits per heavy atom. The van der Waals surface area contributed by atoms with Crippen LogP contribution in [0.2, 0.25) is 0 Å². The van der Waals surface area contributed by atoms with Crippen molar-refractivity contribution in [3.8, 4) is 11.5 Å². The summed E-state index contributed by atoms with van der Waals surface area (Å²) in [6, 6.07) is 16.9. The first-order valence-electron chi connectivity index (χ1n) is 10.9. The lowest BCUT2D eigenvalue weighted by Crippen LogP contribution is -2.30. The van der Waals surface area contributed by atoms with Crippen LogP contribution < -0.4 is 20.3 Å².